The molecule has 2 N–H and O–H groups in total. The van der Waals surface area contributed by atoms with Crippen LogP contribution < -0.4 is 10.6 Å². The maximum Gasteiger partial charge on any atom is 0.00768 e. The normalized spacial score (nSPS) is 28.2. The molecule has 2 nitrogen and oxygen atoms in total. The highest BCUT2D eigenvalue weighted by Gasteiger charge is 2.22. The zero-order valence-corrected chi connectivity index (χ0v) is 9.10. The zero-order chi connectivity index (χ0) is 9.52. The van der Waals surface area contributed by atoms with E-state index in [4.69, 9.17) is 0 Å². The molecule has 1 aliphatic carbocycles. The van der Waals surface area contributed by atoms with Crippen molar-refractivity contribution >= 4 is 0 Å². The van der Waals surface area contributed by atoms with E-state index < -0.39 is 0 Å². The van der Waals surface area contributed by atoms with Crippen LogP contribution >= 0.6 is 0 Å². The van der Waals surface area contributed by atoms with E-state index in [0.29, 0.717) is 0 Å². The van der Waals surface area contributed by atoms with Crippen LogP contribution in [0.1, 0.15) is 33.1 Å². The van der Waals surface area contributed by atoms with Gasteiger partial charge in [-0.1, -0.05) is 26.7 Å². The second-order valence-electron chi connectivity index (χ2n) is 4.23. The maximum atomic E-state index is 3.53. The van der Waals surface area contributed by atoms with Crippen molar-refractivity contribution in [2.24, 2.45) is 11.8 Å². The summed E-state index contributed by atoms with van der Waals surface area (Å²) >= 11 is 0. The molecule has 0 spiro atoms. The SMILES string of the molecule is CCNCCNCC1CCCC1C. The Morgan fingerprint density at radius 3 is 2.54 bits per heavy atom. The van der Waals surface area contributed by atoms with Crippen molar-refractivity contribution in [2.75, 3.05) is 26.2 Å². The Morgan fingerprint density at radius 2 is 1.92 bits per heavy atom. The van der Waals surface area contributed by atoms with Crippen LogP contribution in [0.5, 0.6) is 0 Å². The zero-order valence-electron chi connectivity index (χ0n) is 9.10. The van der Waals surface area contributed by atoms with Crippen molar-refractivity contribution in [1.29, 1.82) is 0 Å². The highest BCUT2D eigenvalue weighted by atomic mass is 14.9. The Labute approximate surface area is 82.5 Å². The van der Waals surface area contributed by atoms with E-state index >= 15 is 0 Å². The quantitative estimate of drug-likeness (QED) is 0.613. The predicted octanol–water partition coefficient (Wildman–Crippen LogP) is 1.62. The number of hydrogen-bond donors (Lipinski definition) is 2. The molecule has 2 heteroatoms. The van der Waals surface area contributed by atoms with Gasteiger partial charge in [0.25, 0.3) is 0 Å². The van der Waals surface area contributed by atoms with Crippen LogP contribution in [-0.4, -0.2) is 26.2 Å². The molecule has 0 amide bonds. The molecule has 1 saturated carbocycles. The van der Waals surface area contributed by atoms with Gasteiger partial charge in [0.1, 0.15) is 0 Å². The molecule has 0 aromatic carbocycles. The highest BCUT2D eigenvalue weighted by molar-refractivity contribution is 4.75. The molecule has 13 heavy (non-hydrogen) atoms. The Hall–Kier alpha value is -0.0800. The minimum absolute atomic E-state index is 0.946. The average molecular weight is 184 g/mol. The Kier molecular flexibility index (Phi) is 5.40. The number of nitrogens with one attached hydrogen (secondary N) is 2. The summed E-state index contributed by atoms with van der Waals surface area (Å²) in [6.07, 6.45) is 4.33. The third-order valence-corrected chi connectivity index (χ3v) is 3.17. The average Bonchev–Trinajstić information content (AvgIpc) is 2.52. The third-order valence-electron chi connectivity index (χ3n) is 3.17. The van der Waals surface area contributed by atoms with Gasteiger partial charge in [-0.05, 0) is 31.3 Å². The second kappa shape index (κ2) is 6.39. The van der Waals surface area contributed by atoms with Gasteiger partial charge in [0.2, 0.25) is 0 Å². The molecule has 78 valence electrons. The van der Waals surface area contributed by atoms with Crippen molar-refractivity contribution in [3.63, 3.8) is 0 Å². The van der Waals surface area contributed by atoms with Crippen LogP contribution in [0.3, 0.4) is 0 Å². The second-order valence-corrected chi connectivity index (χ2v) is 4.23. The van der Waals surface area contributed by atoms with Gasteiger partial charge in [-0.2, -0.15) is 0 Å². The number of likely N-dealkylation sites (N-methyl/N-ethyl adjacent to an activating group) is 1. The molecule has 1 aliphatic rings. The lowest BCUT2D eigenvalue weighted by Gasteiger charge is -2.15. The smallest absolute Gasteiger partial charge is 0.00768 e. The van der Waals surface area contributed by atoms with Gasteiger partial charge in [0.05, 0.1) is 0 Å². The highest BCUT2D eigenvalue weighted by Crippen LogP contribution is 2.30. The summed E-state index contributed by atoms with van der Waals surface area (Å²) in [5.74, 6) is 1.90. The fourth-order valence-electron chi connectivity index (χ4n) is 2.17. The van der Waals surface area contributed by atoms with Crippen molar-refractivity contribution < 1.29 is 0 Å². The molecule has 1 rings (SSSR count). The van der Waals surface area contributed by atoms with E-state index in [1.54, 1.807) is 0 Å². The van der Waals surface area contributed by atoms with E-state index in [1.165, 1.54) is 25.8 Å². The lowest BCUT2D eigenvalue weighted by molar-refractivity contribution is 0.392. The fraction of sp³-hybridized carbons (Fsp3) is 1.00. The van der Waals surface area contributed by atoms with Crippen LogP contribution in [-0.2, 0) is 0 Å². The van der Waals surface area contributed by atoms with Crippen LogP contribution in [0, 0.1) is 11.8 Å². The topological polar surface area (TPSA) is 24.1 Å². The lowest BCUT2D eigenvalue weighted by Crippen LogP contribution is -2.31. The molecule has 2 unspecified atom stereocenters. The molecule has 0 radical (unpaired) electrons. The van der Waals surface area contributed by atoms with Crippen LogP contribution in [0.15, 0.2) is 0 Å². The number of rotatable bonds is 6. The van der Waals surface area contributed by atoms with Gasteiger partial charge in [-0.3, -0.25) is 0 Å². The summed E-state index contributed by atoms with van der Waals surface area (Å²) in [4.78, 5) is 0. The predicted molar refractivity (Wildman–Crippen MR) is 57.9 cm³/mol. The summed E-state index contributed by atoms with van der Waals surface area (Å²) in [5.41, 5.74) is 0. The van der Waals surface area contributed by atoms with Gasteiger partial charge in [0, 0.05) is 13.1 Å². The minimum atomic E-state index is 0.946. The molecule has 0 heterocycles. The molecule has 2 atom stereocenters. The molecule has 0 aliphatic heterocycles. The molecule has 0 aromatic heterocycles. The summed E-state index contributed by atoms with van der Waals surface area (Å²) in [5, 5.41) is 6.85. The van der Waals surface area contributed by atoms with Gasteiger partial charge in [-0.15, -0.1) is 0 Å². The Balaban J connectivity index is 1.93. The monoisotopic (exact) mass is 184 g/mol. The molecule has 0 saturated heterocycles. The first-order valence-corrected chi connectivity index (χ1v) is 5.76. The van der Waals surface area contributed by atoms with Crippen LogP contribution in [0.4, 0.5) is 0 Å². The molecule has 0 bridgehead atoms. The summed E-state index contributed by atoms with van der Waals surface area (Å²) in [6, 6.07) is 0. The van der Waals surface area contributed by atoms with Crippen LogP contribution in [0.2, 0.25) is 0 Å². The first-order chi connectivity index (χ1) is 6.34. The molecule has 0 aromatic rings. The van der Waals surface area contributed by atoms with E-state index in [1.807, 2.05) is 0 Å². The van der Waals surface area contributed by atoms with Crippen molar-refractivity contribution in [3.8, 4) is 0 Å². The van der Waals surface area contributed by atoms with Crippen molar-refractivity contribution in [1.82, 2.24) is 10.6 Å². The summed E-state index contributed by atoms with van der Waals surface area (Å²) in [6.45, 7) is 9.09. The molecular formula is C11H24N2. The summed E-state index contributed by atoms with van der Waals surface area (Å²) in [7, 11) is 0. The largest absolute Gasteiger partial charge is 0.316 e. The van der Waals surface area contributed by atoms with E-state index in [2.05, 4.69) is 24.5 Å². The van der Waals surface area contributed by atoms with E-state index in [9.17, 15) is 0 Å². The van der Waals surface area contributed by atoms with Gasteiger partial charge in [-0.25, -0.2) is 0 Å². The first kappa shape index (κ1) is 11.0. The third kappa shape index (κ3) is 4.10. The van der Waals surface area contributed by atoms with Crippen molar-refractivity contribution in [2.45, 2.75) is 33.1 Å². The van der Waals surface area contributed by atoms with E-state index in [-0.39, 0.29) is 0 Å². The Bertz CT molecular complexity index is 125. The lowest BCUT2D eigenvalue weighted by atomic mass is 9.98. The molecular weight excluding hydrogens is 160 g/mol. The molecule has 1 fully saturated rings. The minimum Gasteiger partial charge on any atom is -0.316 e. The Morgan fingerprint density at radius 1 is 1.15 bits per heavy atom. The fourth-order valence-corrected chi connectivity index (χ4v) is 2.17. The van der Waals surface area contributed by atoms with E-state index in [0.717, 1.165) is 31.5 Å². The summed E-state index contributed by atoms with van der Waals surface area (Å²) < 4.78 is 0. The standard InChI is InChI=1S/C11H24N2/c1-3-12-7-8-13-9-11-6-4-5-10(11)2/h10-13H,3-9H2,1-2H3. The maximum absolute atomic E-state index is 3.53. The van der Waals surface area contributed by atoms with Gasteiger partial charge >= 0.3 is 0 Å². The van der Waals surface area contributed by atoms with Gasteiger partial charge < -0.3 is 10.6 Å². The van der Waals surface area contributed by atoms with Crippen LogP contribution in [0.25, 0.3) is 0 Å². The number of hydrogen-bond acceptors (Lipinski definition) is 2. The van der Waals surface area contributed by atoms with Crippen molar-refractivity contribution in [3.05, 3.63) is 0 Å². The van der Waals surface area contributed by atoms with Gasteiger partial charge in [0.15, 0.2) is 0 Å². The first-order valence-electron chi connectivity index (χ1n) is 5.76.